The highest BCUT2D eigenvalue weighted by Crippen LogP contribution is 2.36. The Morgan fingerprint density at radius 3 is 2.80 bits per heavy atom. The second kappa shape index (κ2) is 5.55. The quantitative estimate of drug-likeness (QED) is 0.760. The third kappa shape index (κ3) is 2.46. The molecule has 1 aliphatic carbocycles. The van der Waals surface area contributed by atoms with Crippen LogP contribution in [0.2, 0.25) is 0 Å². The van der Waals surface area contributed by atoms with Crippen LogP contribution in [0.25, 0.3) is 0 Å². The van der Waals surface area contributed by atoms with Gasteiger partial charge in [-0.25, -0.2) is 4.39 Å². The summed E-state index contributed by atoms with van der Waals surface area (Å²) >= 11 is 0. The number of carbonyl (C=O) groups is 1. The molecule has 1 aliphatic heterocycles. The number of aryl methyl sites for hydroxylation is 1. The molecule has 2 nitrogen and oxygen atoms in total. The summed E-state index contributed by atoms with van der Waals surface area (Å²) in [5, 5.41) is 0. The molecule has 2 fully saturated rings. The number of hydrogen-bond acceptors (Lipinski definition) is 1. The zero-order valence-electron chi connectivity index (χ0n) is 12.1. The van der Waals surface area contributed by atoms with E-state index in [1.54, 1.807) is 12.1 Å². The van der Waals surface area contributed by atoms with Crippen LogP contribution in [-0.2, 0) is 0 Å². The van der Waals surface area contributed by atoms with Crippen LogP contribution in [0, 0.1) is 18.7 Å². The van der Waals surface area contributed by atoms with Crippen molar-refractivity contribution in [3.05, 3.63) is 35.1 Å². The molecule has 1 aromatic rings. The Labute approximate surface area is 120 Å². The predicted octanol–water partition coefficient (Wildman–Crippen LogP) is 3.93. The first kappa shape index (κ1) is 13.6. The number of piperidine rings is 1. The molecule has 0 N–H and O–H groups in total. The smallest absolute Gasteiger partial charge is 0.257 e. The first-order chi connectivity index (χ1) is 9.66. The monoisotopic (exact) mass is 275 g/mol. The van der Waals surface area contributed by atoms with Crippen molar-refractivity contribution in [2.75, 3.05) is 6.54 Å². The van der Waals surface area contributed by atoms with Gasteiger partial charge in [0.1, 0.15) is 5.82 Å². The van der Waals surface area contributed by atoms with Gasteiger partial charge in [0, 0.05) is 12.6 Å². The van der Waals surface area contributed by atoms with Crippen LogP contribution in [0.1, 0.15) is 54.4 Å². The first-order valence-electron chi connectivity index (χ1n) is 7.74. The molecule has 1 heterocycles. The lowest BCUT2D eigenvalue weighted by atomic mass is 9.78. The third-order valence-electron chi connectivity index (χ3n) is 4.86. The van der Waals surface area contributed by atoms with Gasteiger partial charge in [0.15, 0.2) is 0 Å². The maximum Gasteiger partial charge on any atom is 0.257 e. The van der Waals surface area contributed by atoms with Gasteiger partial charge in [0.05, 0.1) is 5.56 Å². The minimum Gasteiger partial charge on any atom is -0.335 e. The Bertz CT molecular complexity index is 512. The average molecular weight is 275 g/mol. The highest BCUT2D eigenvalue weighted by molar-refractivity contribution is 5.95. The number of hydrogen-bond donors (Lipinski definition) is 0. The second-order valence-corrected chi connectivity index (χ2v) is 6.24. The van der Waals surface area contributed by atoms with Gasteiger partial charge in [0.25, 0.3) is 5.91 Å². The first-order valence-corrected chi connectivity index (χ1v) is 7.74. The van der Waals surface area contributed by atoms with Crippen molar-refractivity contribution in [3.63, 3.8) is 0 Å². The van der Waals surface area contributed by atoms with Crippen molar-refractivity contribution in [2.24, 2.45) is 5.92 Å². The standard InChI is InChI=1S/C17H22FNO/c1-12-8-9-15(18)14(11-12)17(20)19-10-4-6-13-5-2-3-7-16(13)19/h8-9,11,13,16H,2-7,10H2,1H3. The number of rotatable bonds is 1. The van der Waals surface area contributed by atoms with E-state index < -0.39 is 5.82 Å². The van der Waals surface area contributed by atoms with E-state index in [-0.39, 0.29) is 11.5 Å². The molecule has 1 saturated heterocycles. The van der Waals surface area contributed by atoms with Gasteiger partial charge in [-0.1, -0.05) is 24.5 Å². The summed E-state index contributed by atoms with van der Waals surface area (Å²) in [7, 11) is 0. The molecule has 20 heavy (non-hydrogen) atoms. The summed E-state index contributed by atoms with van der Waals surface area (Å²) in [6, 6.07) is 5.14. The zero-order chi connectivity index (χ0) is 14.1. The van der Waals surface area contributed by atoms with Crippen LogP contribution in [-0.4, -0.2) is 23.4 Å². The number of likely N-dealkylation sites (tertiary alicyclic amines) is 1. The maximum absolute atomic E-state index is 14.0. The van der Waals surface area contributed by atoms with Gasteiger partial charge < -0.3 is 4.90 Å². The van der Waals surface area contributed by atoms with Crippen molar-refractivity contribution >= 4 is 5.91 Å². The Balaban J connectivity index is 1.87. The van der Waals surface area contributed by atoms with Gasteiger partial charge in [-0.05, 0) is 50.7 Å². The van der Waals surface area contributed by atoms with Crippen LogP contribution >= 0.6 is 0 Å². The summed E-state index contributed by atoms with van der Waals surface area (Å²) in [5.41, 5.74) is 1.18. The molecule has 1 saturated carbocycles. The number of halogens is 1. The molecule has 0 aromatic heterocycles. The molecule has 0 bridgehead atoms. The van der Waals surface area contributed by atoms with Crippen molar-refractivity contribution in [1.29, 1.82) is 0 Å². The number of fused-ring (bicyclic) bond motifs is 1. The van der Waals surface area contributed by atoms with Crippen LogP contribution in [0.4, 0.5) is 4.39 Å². The lowest BCUT2D eigenvalue weighted by Crippen LogP contribution is -2.49. The molecule has 3 rings (SSSR count). The average Bonchev–Trinajstić information content (AvgIpc) is 2.48. The van der Waals surface area contributed by atoms with Gasteiger partial charge in [-0.2, -0.15) is 0 Å². The minimum absolute atomic E-state index is 0.109. The molecule has 2 unspecified atom stereocenters. The third-order valence-corrected chi connectivity index (χ3v) is 4.86. The lowest BCUT2D eigenvalue weighted by molar-refractivity contribution is 0.0386. The molecule has 0 radical (unpaired) electrons. The van der Waals surface area contributed by atoms with Gasteiger partial charge in [-0.3, -0.25) is 4.79 Å². The molecule has 3 heteroatoms. The van der Waals surface area contributed by atoms with Crippen LogP contribution in [0.15, 0.2) is 18.2 Å². The summed E-state index contributed by atoms with van der Waals surface area (Å²) in [4.78, 5) is 14.7. The normalized spacial score (nSPS) is 26.2. The molecular weight excluding hydrogens is 253 g/mol. The van der Waals surface area contributed by atoms with Crippen LogP contribution in [0.3, 0.4) is 0 Å². The molecule has 108 valence electrons. The van der Waals surface area contributed by atoms with Crippen LogP contribution < -0.4 is 0 Å². The largest absolute Gasteiger partial charge is 0.335 e. The molecule has 0 spiro atoms. The summed E-state index contributed by atoms with van der Waals surface area (Å²) in [5.74, 6) is 0.135. The number of benzene rings is 1. The fourth-order valence-electron chi connectivity index (χ4n) is 3.83. The summed E-state index contributed by atoms with van der Waals surface area (Å²) < 4.78 is 14.0. The van der Waals surface area contributed by atoms with E-state index in [1.807, 2.05) is 11.8 Å². The van der Waals surface area contributed by atoms with Crippen molar-refractivity contribution in [1.82, 2.24) is 4.90 Å². The van der Waals surface area contributed by atoms with Crippen LogP contribution in [0.5, 0.6) is 0 Å². The van der Waals surface area contributed by atoms with Crippen molar-refractivity contribution in [2.45, 2.75) is 51.5 Å². The number of nitrogens with zero attached hydrogens (tertiary/aromatic N) is 1. The Morgan fingerprint density at radius 1 is 1.20 bits per heavy atom. The Kier molecular flexibility index (Phi) is 3.77. The van der Waals surface area contributed by atoms with E-state index in [9.17, 15) is 9.18 Å². The minimum atomic E-state index is -0.390. The van der Waals surface area contributed by atoms with Gasteiger partial charge >= 0.3 is 0 Å². The summed E-state index contributed by atoms with van der Waals surface area (Å²) in [6.45, 7) is 2.68. The van der Waals surface area contributed by atoms with Gasteiger partial charge in [0.2, 0.25) is 0 Å². The maximum atomic E-state index is 14.0. The topological polar surface area (TPSA) is 20.3 Å². The molecule has 1 aromatic carbocycles. The van der Waals surface area contributed by atoms with E-state index in [0.29, 0.717) is 12.0 Å². The number of amides is 1. The lowest BCUT2D eigenvalue weighted by Gasteiger charge is -2.44. The number of carbonyl (C=O) groups excluding carboxylic acids is 1. The molecule has 1 amide bonds. The van der Waals surface area contributed by atoms with E-state index in [0.717, 1.165) is 24.9 Å². The highest BCUT2D eigenvalue weighted by Gasteiger charge is 2.36. The van der Waals surface area contributed by atoms with E-state index >= 15 is 0 Å². The Hall–Kier alpha value is -1.38. The van der Waals surface area contributed by atoms with Gasteiger partial charge in [-0.15, -0.1) is 0 Å². The molecule has 2 aliphatic rings. The van der Waals surface area contributed by atoms with Crippen molar-refractivity contribution < 1.29 is 9.18 Å². The summed E-state index contributed by atoms with van der Waals surface area (Å²) in [6.07, 6.45) is 7.07. The van der Waals surface area contributed by atoms with E-state index in [2.05, 4.69) is 0 Å². The fraction of sp³-hybridized carbons (Fsp3) is 0.588. The molecular formula is C17H22FNO. The fourth-order valence-corrected chi connectivity index (χ4v) is 3.83. The van der Waals surface area contributed by atoms with E-state index in [1.165, 1.54) is 31.7 Å². The zero-order valence-corrected chi connectivity index (χ0v) is 12.1. The second-order valence-electron chi connectivity index (χ2n) is 6.24. The van der Waals surface area contributed by atoms with E-state index in [4.69, 9.17) is 0 Å². The predicted molar refractivity (Wildman–Crippen MR) is 77.2 cm³/mol. The Morgan fingerprint density at radius 2 is 1.95 bits per heavy atom. The molecule has 2 atom stereocenters. The van der Waals surface area contributed by atoms with Crippen molar-refractivity contribution in [3.8, 4) is 0 Å². The highest BCUT2D eigenvalue weighted by atomic mass is 19.1. The SMILES string of the molecule is Cc1ccc(F)c(C(=O)N2CCCC3CCCCC32)c1.